The van der Waals surface area contributed by atoms with E-state index in [2.05, 4.69) is 15.4 Å². The van der Waals surface area contributed by atoms with Gasteiger partial charge < -0.3 is 15.4 Å². The first-order valence-electron chi connectivity index (χ1n) is 5.58. The molecule has 1 fully saturated rings. The molecule has 92 valence electrons. The molecule has 0 aromatic rings. The van der Waals surface area contributed by atoms with E-state index in [-0.39, 0.29) is 5.91 Å². The summed E-state index contributed by atoms with van der Waals surface area (Å²) in [4.78, 5) is 22.8. The summed E-state index contributed by atoms with van der Waals surface area (Å²) in [5.41, 5.74) is -0.953. The first-order valence-corrected chi connectivity index (χ1v) is 5.58. The molecule has 1 saturated carbocycles. The molecule has 0 spiro atoms. The van der Waals surface area contributed by atoms with Gasteiger partial charge in [-0.2, -0.15) is 0 Å². The molecule has 1 amide bonds. The third-order valence-electron chi connectivity index (χ3n) is 2.51. The van der Waals surface area contributed by atoms with Crippen LogP contribution in [0.3, 0.4) is 0 Å². The molecule has 16 heavy (non-hydrogen) atoms. The lowest BCUT2D eigenvalue weighted by atomic mass is 10.1. The second-order valence-corrected chi connectivity index (χ2v) is 4.64. The van der Waals surface area contributed by atoms with Crippen molar-refractivity contribution in [2.24, 2.45) is 0 Å². The topological polar surface area (TPSA) is 67.4 Å². The quantitative estimate of drug-likeness (QED) is 0.637. The van der Waals surface area contributed by atoms with Gasteiger partial charge in [-0.3, -0.25) is 4.79 Å². The van der Waals surface area contributed by atoms with Crippen LogP contribution in [0.4, 0.5) is 0 Å². The molecule has 0 saturated heterocycles. The highest BCUT2D eigenvalue weighted by Gasteiger charge is 2.30. The van der Waals surface area contributed by atoms with Gasteiger partial charge in [-0.25, -0.2) is 4.79 Å². The van der Waals surface area contributed by atoms with Crippen LogP contribution < -0.4 is 10.6 Å². The summed E-state index contributed by atoms with van der Waals surface area (Å²) in [5, 5.41) is 5.89. The Balaban J connectivity index is 2.22. The van der Waals surface area contributed by atoms with Gasteiger partial charge in [-0.15, -0.1) is 0 Å². The minimum atomic E-state index is -0.953. The van der Waals surface area contributed by atoms with E-state index in [9.17, 15) is 9.59 Å². The average Bonchev–Trinajstić information content (AvgIpc) is 2.99. The molecule has 0 heterocycles. The molecule has 5 heteroatoms. The van der Waals surface area contributed by atoms with Crippen molar-refractivity contribution in [2.45, 2.75) is 44.7 Å². The van der Waals surface area contributed by atoms with E-state index in [4.69, 9.17) is 0 Å². The maximum absolute atomic E-state index is 11.5. The standard InChI is InChI=1S/C11H20N2O3/c1-11(2,10(15)16-3)13-9(14)6-7-12-8-4-5-8/h8,12H,4-7H2,1-3H3,(H,13,14). The Kier molecular flexibility index (Phi) is 4.29. The number of hydrogen-bond acceptors (Lipinski definition) is 4. The Hall–Kier alpha value is -1.10. The van der Waals surface area contributed by atoms with Crippen molar-refractivity contribution < 1.29 is 14.3 Å². The number of ether oxygens (including phenoxy) is 1. The zero-order chi connectivity index (χ0) is 12.2. The molecule has 1 rings (SSSR count). The van der Waals surface area contributed by atoms with Crippen LogP contribution >= 0.6 is 0 Å². The van der Waals surface area contributed by atoms with Gasteiger partial charge in [0.1, 0.15) is 5.54 Å². The minimum Gasteiger partial charge on any atom is -0.467 e. The third-order valence-corrected chi connectivity index (χ3v) is 2.51. The van der Waals surface area contributed by atoms with E-state index in [0.29, 0.717) is 19.0 Å². The fourth-order valence-corrected chi connectivity index (χ4v) is 1.39. The second-order valence-electron chi connectivity index (χ2n) is 4.64. The Bertz CT molecular complexity index is 272. The Morgan fingerprint density at radius 1 is 1.38 bits per heavy atom. The van der Waals surface area contributed by atoms with Crippen LogP contribution in [0.5, 0.6) is 0 Å². The van der Waals surface area contributed by atoms with Gasteiger partial charge in [0.05, 0.1) is 7.11 Å². The first kappa shape index (κ1) is 13.0. The number of nitrogens with one attached hydrogen (secondary N) is 2. The van der Waals surface area contributed by atoms with Crippen molar-refractivity contribution >= 4 is 11.9 Å². The maximum Gasteiger partial charge on any atom is 0.330 e. The summed E-state index contributed by atoms with van der Waals surface area (Å²) in [5.74, 6) is -0.570. The normalized spacial score (nSPS) is 15.7. The van der Waals surface area contributed by atoms with Gasteiger partial charge in [-0.1, -0.05) is 0 Å². The van der Waals surface area contributed by atoms with Crippen molar-refractivity contribution in [1.29, 1.82) is 0 Å². The molecule has 0 aromatic heterocycles. The van der Waals surface area contributed by atoms with Crippen molar-refractivity contribution in [2.75, 3.05) is 13.7 Å². The maximum atomic E-state index is 11.5. The lowest BCUT2D eigenvalue weighted by Crippen LogP contribution is -2.50. The zero-order valence-electron chi connectivity index (χ0n) is 10.1. The van der Waals surface area contributed by atoms with Crippen LogP contribution in [0.2, 0.25) is 0 Å². The van der Waals surface area contributed by atoms with Crippen LogP contribution in [0.1, 0.15) is 33.1 Å². The molecule has 2 N–H and O–H groups in total. The van der Waals surface area contributed by atoms with Gasteiger partial charge in [0.15, 0.2) is 0 Å². The summed E-state index contributed by atoms with van der Waals surface area (Å²) in [6, 6.07) is 0.599. The number of amides is 1. The van der Waals surface area contributed by atoms with Gasteiger partial charge in [-0.05, 0) is 26.7 Å². The highest BCUT2D eigenvalue weighted by Crippen LogP contribution is 2.18. The predicted octanol–water partition coefficient (Wildman–Crippen LogP) is 0.196. The smallest absolute Gasteiger partial charge is 0.330 e. The highest BCUT2D eigenvalue weighted by molar-refractivity contribution is 5.87. The summed E-state index contributed by atoms with van der Waals surface area (Å²) in [6.07, 6.45) is 2.79. The van der Waals surface area contributed by atoms with E-state index in [0.717, 1.165) is 0 Å². The monoisotopic (exact) mass is 228 g/mol. The molecular weight excluding hydrogens is 208 g/mol. The Morgan fingerprint density at radius 2 is 2.00 bits per heavy atom. The van der Waals surface area contributed by atoms with E-state index >= 15 is 0 Å². The molecule has 0 unspecified atom stereocenters. The van der Waals surface area contributed by atoms with Crippen LogP contribution in [-0.4, -0.2) is 37.1 Å². The fraction of sp³-hybridized carbons (Fsp3) is 0.818. The van der Waals surface area contributed by atoms with Crippen molar-refractivity contribution in [1.82, 2.24) is 10.6 Å². The summed E-state index contributed by atoms with van der Waals surface area (Å²) in [7, 11) is 1.31. The van der Waals surface area contributed by atoms with Crippen LogP contribution in [0.15, 0.2) is 0 Å². The lowest BCUT2D eigenvalue weighted by molar-refractivity contribution is -0.149. The number of esters is 1. The molecule has 0 aromatic carbocycles. The molecule has 0 atom stereocenters. The molecule has 0 aliphatic heterocycles. The van der Waals surface area contributed by atoms with Crippen LogP contribution in [0, 0.1) is 0 Å². The number of hydrogen-bond donors (Lipinski definition) is 2. The molecule has 0 radical (unpaired) electrons. The van der Waals surface area contributed by atoms with Gasteiger partial charge in [0.25, 0.3) is 0 Å². The first-order chi connectivity index (χ1) is 7.45. The van der Waals surface area contributed by atoms with Gasteiger partial charge in [0.2, 0.25) is 5.91 Å². The average molecular weight is 228 g/mol. The van der Waals surface area contributed by atoms with E-state index < -0.39 is 11.5 Å². The Labute approximate surface area is 95.9 Å². The SMILES string of the molecule is COC(=O)C(C)(C)NC(=O)CCNC1CC1. The summed E-state index contributed by atoms with van der Waals surface area (Å²) >= 11 is 0. The molecule has 1 aliphatic rings. The van der Waals surface area contributed by atoms with E-state index in [1.165, 1.54) is 20.0 Å². The minimum absolute atomic E-state index is 0.136. The summed E-state index contributed by atoms with van der Waals surface area (Å²) in [6.45, 7) is 3.92. The van der Waals surface area contributed by atoms with Crippen LogP contribution in [0.25, 0.3) is 0 Å². The van der Waals surface area contributed by atoms with E-state index in [1.54, 1.807) is 13.8 Å². The Morgan fingerprint density at radius 3 is 2.50 bits per heavy atom. The van der Waals surface area contributed by atoms with Gasteiger partial charge in [0, 0.05) is 19.0 Å². The van der Waals surface area contributed by atoms with Crippen molar-refractivity contribution in [3.05, 3.63) is 0 Å². The molecule has 0 bridgehead atoms. The largest absolute Gasteiger partial charge is 0.467 e. The molecule has 5 nitrogen and oxygen atoms in total. The van der Waals surface area contributed by atoms with Gasteiger partial charge >= 0.3 is 5.97 Å². The van der Waals surface area contributed by atoms with Crippen LogP contribution in [-0.2, 0) is 14.3 Å². The number of carbonyl (C=O) groups is 2. The van der Waals surface area contributed by atoms with Crippen molar-refractivity contribution in [3.8, 4) is 0 Å². The third kappa shape index (κ3) is 4.18. The molecular formula is C11H20N2O3. The highest BCUT2D eigenvalue weighted by atomic mass is 16.5. The van der Waals surface area contributed by atoms with Crippen molar-refractivity contribution in [3.63, 3.8) is 0 Å². The second kappa shape index (κ2) is 5.30. The summed E-state index contributed by atoms with van der Waals surface area (Å²) < 4.78 is 4.60. The number of methoxy groups -OCH3 is 1. The zero-order valence-corrected chi connectivity index (χ0v) is 10.1. The number of rotatable bonds is 6. The fourth-order valence-electron chi connectivity index (χ4n) is 1.39. The number of carbonyl (C=O) groups excluding carboxylic acids is 2. The lowest BCUT2D eigenvalue weighted by Gasteiger charge is -2.23. The van der Waals surface area contributed by atoms with E-state index in [1.807, 2.05) is 0 Å². The molecule has 1 aliphatic carbocycles. The predicted molar refractivity (Wildman–Crippen MR) is 59.9 cm³/mol.